The Morgan fingerprint density at radius 3 is 3.00 bits per heavy atom. The van der Waals surface area contributed by atoms with Crippen molar-refractivity contribution in [3.63, 3.8) is 0 Å². The molecule has 0 amide bonds. The third-order valence-electron chi connectivity index (χ3n) is 3.56. The summed E-state index contributed by atoms with van der Waals surface area (Å²) in [6.45, 7) is 3.22. The van der Waals surface area contributed by atoms with Gasteiger partial charge in [-0.05, 0) is 36.9 Å². The maximum atomic E-state index is 10.4. The maximum absolute atomic E-state index is 10.4. The Kier molecular flexibility index (Phi) is 4.57. The van der Waals surface area contributed by atoms with Gasteiger partial charge in [-0.25, -0.2) is 0 Å². The molecule has 1 aromatic carbocycles. The summed E-state index contributed by atoms with van der Waals surface area (Å²) in [5, 5.41) is 13.8. The van der Waals surface area contributed by atoms with Crippen LogP contribution in [0.15, 0.2) is 24.3 Å². The number of piperidine rings is 1. The number of nitrogens with one attached hydrogen (secondary N) is 1. The van der Waals surface area contributed by atoms with Crippen molar-refractivity contribution in [2.75, 3.05) is 6.54 Å². The molecule has 2 unspecified atom stereocenters. The molecule has 0 spiro atoms. The van der Waals surface area contributed by atoms with E-state index in [0.29, 0.717) is 0 Å². The van der Waals surface area contributed by atoms with Gasteiger partial charge in [0, 0.05) is 6.04 Å². The summed E-state index contributed by atoms with van der Waals surface area (Å²) in [6.07, 6.45) is 5.44. The molecule has 17 heavy (non-hydrogen) atoms. The summed E-state index contributed by atoms with van der Waals surface area (Å²) in [6, 6.07) is 8.64. The molecule has 1 aliphatic rings. The molecule has 0 aromatic heterocycles. The van der Waals surface area contributed by atoms with Crippen LogP contribution in [-0.2, 0) is 6.42 Å². The van der Waals surface area contributed by atoms with Gasteiger partial charge in [-0.15, -0.1) is 0 Å². The zero-order valence-corrected chi connectivity index (χ0v) is 10.7. The Morgan fingerprint density at radius 1 is 1.41 bits per heavy atom. The van der Waals surface area contributed by atoms with Crippen molar-refractivity contribution in [3.8, 4) is 0 Å². The molecule has 94 valence electrons. The second-order valence-electron chi connectivity index (χ2n) is 5.00. The van der Waals surface area contributed by atoms with Gasteiger partial charge in [-0.1, -0.05) is 44.0 Å². The lowest BCUT2D eigenvalue weighted by Crippen LogP contribution is -2.38. The minimum Gasteiger partial charge on any atom is -0.387 e. The van der Waals surface area contributed by atoms with Crippen molar-refractivity contribution >= 4 is 0 Å². The summed E-state index contributed by atoms with van der Waals surface area (Å²) < 4.78 is 0. The Labute approximate surface area is 104 Å². The van der Waals surface area contributed by atoms with Gasteiger partial charge in [-0.3, -0.25) is 0 Å². The van der Waals surface area contributed by atoms with Crippen LogP contribution < -0.4 is 5.32 Å². The molecule has 0 radical (unpaired) electrons. The summed E-state index contributed by atoms with van der Waals surface area (Å²) in [5.74, 6) is 0. The number of aliphatic hydroxyl groups is 1. The summed E-state index contributed by atoms with van der Waals surface area (Å²) in [4.78, 5) is 0. The van der Waals surface area contributed by atoms with E-state index in [0.717, 1.165) is 31.4 Å². The Bertz CT molecular complexity index is 345. The molecule has 2 N–H and O–H groups in total. The lowest BCUT2D eigenvalue weighted by molar-refractivity contribution is 0.114. The van der Waals surface area contributed by atoms with Gasteiger partial charge in [0.25, 0.3) is 0 Å². The zero-order valence-electron chi connectivity index (χ0n) is 10.7. The molecular formula is C15H23NO. The normalized spacial score (nSPS) is 22.4. The van der Waals surface area contributed by atoms with Gasteiger partial charge in [0.05, 0.1) is 6.10 Å². The smallest absolute Gasteiger partial charge is 0.0943 e. The minimum absolute atomic E-state index is 0.237. The predicted molar refractivity (Wildman–Crippen MR) is 71.0 cm³/mol. The third-order valence-corrected chi connectivity index (χ3v) is 3.56. The average molecular weight is 233 g/mol. The van der Waals surface area contributed by atoms with Crippen molar-refractivity contribution in [2.45, 2.75) is 51.2 Å². The van der Waals surface area contributed by atoms with E-state index in [1.54, 1.807) is 0 Å². The van der Waals surface area contributed by atoms with E-state index in [9.17, 15) is 5.11 Å². The van der Waals surface area contributed by atoms with Crippen molar-refractivity contribution in [3.05, 3.63) is 35.4 Å². The second kappa shape index (κ2) is 6.18. The van der Waals surface area contributed by atoms with E-state index in [1.807, 2.05) is 6.07 Å². The maximum Gasteiger partial charge on any atom is 0.0943 e. The van der Waals surface area contributed by atoms with E-state index < -0.39 is 0 Å². The summed E-state index contributed by atoms with van der Waals surface area (Å²) in [7, 11) is 0. The molecular weight excluding hydrogens is 210 g/mol. The van der Waals surface area contributed by atoms with Crippen molar-refractivity contribution in [2.24, 2.45) is 0 Å². The first kappa shape index (κ1) is 12.6. The first-order valence-electron chi connectivity index (χ1n) is 6.81. The van der Waals surface area contributed by atoms with Crippen LogP contribution in [0.5, 0.6) is 0 Å². The highest BCUT2D eigenvalue weighted by Crippen LogP contribution is 2.23. The molecule has 0 bridgehead atoms. The van der Waals surface area contributed by atoms with Crippen molar-refractivity contribution in [1.29, 1.82) is 0 Å². The summed E-state index contributed by atoms with van der Waals surface area (Å²) >= 11 is 0. The molecule has 1 aliphatic heterocycles. The molecule has 2 atom stereocenters. The van der Waals surface area contributed by atoms with Gasteiger partial charge in [-0.2, -0.15) is 0 Å². The van der Waals surface area contributed by atoms with Gasteiger partial charge >= 0.3 is 0 Å². The van der Waals surface area contributed by atoms with Crippen LogP contribution in [-0.4, -0.2) is 17.7 Å². The number of aryl methyl sites for hydroxylation is 1. The molecule has 1 saturated heterocycles. The quantitative estimate of drug-likeness (QED) is 0.838. The highest BCUT2D eigenvalue weighted by molar-refractivity contribution is 5.26. The number of hydrogen-bond acceptors (Lipinski definition) is 2. The first-order valence-corrected chi connectivity index (χ1v) is 6.81. The topological polar surface area (TPSA) is 32.3 Å². The second-order valence-corrected chi connectivity index (χ2v) is 5.00. The average Bonchev–Trinajstić information content (AvgIpc) is 2.40. The minimum atomic E-state index is -0.355. The molecule has 1 aromatic rings. The van der Waals surface area contributed by atoms with Crippen LogP contribution in [0.3, 0.4) is 0 Å². The van der Waals surface area contributed by atoms with Crippen LogP contribution in [0.1, 0.15) is 49.8 Å². The Balaban J connectivity index is 2.06. The van der Waals surface area contributed by atoms with E-state index in [-0.39, 0.29) is 12.1 Å². The lowest BCUT2D eigenvalue weighted by atomic mass is 9.93. The fraction of sp³-hybridized carbons (Fsp3) is 0.600. The van der Waals surface area contributed by atoms with Gasteiger partial charge < -0.3 is 10.4 Å². The molecule has 2 heteroatoms. The van der Waals surface area contributed by atoms with E-state index >= 15 is 0 Å². The highest BCUT2D eigenvalue weighted by atomic mass is 16.3. The number of benzene rings is 1. The fourth-order valence-corrected chi connectivity index (χ4v) is 2.60. The third kappa shape index (κ3) is 3.30. The van der Waals surface area contributed by atoms with Gasteiger partial charge in [0.2, 0.25) is 0 Å². The van der Waals surface area contributed by atoms with Crippen LogP contribution in [0, 0.1) is 0 Å². The fourth-order valence-electron chi connectivity index (χ4n) is 2.60. The predicted octanol–water partition coefficient (Wildman–Crippen LogP) is 2.81. The zero-order chi connectivity index (χ0) is 12.1. The molecule has 0 aliphatic carbocycles. The van der Waals surface area contributed by atoms with Crippen LogP contribution in [0.25, 0.3) is 0 Å². The van der Waals surface area contributed by atoms with Crippen LogP contribution >= 0.6 is 0 Å². The first-order chi connectivity index (χ1) is 8.31. The SMILES string of the molecule is CCCc1cccc(C(O)C2CCCCN2)c1. The summed E-state index contributed by atoms with van der Waals surface area (Å²) in [5.41, 5.74) is 2.40. The van der Waals surface area contributed by atoms with Crippen LogP contribution in [0.2, 0.25) is 0 Å². The van der Waals surface area contributed by atoms with Gasteiger partial charge in [0.15, 0.2) is 0 Å². The number of aliphatic hydroxyl groups excluding tert-OH is 1. The molecule has 2 rings (SSSR count). The molecule has 1 fully saturated rings. The van der Waals surface area contributed by atoms with E-state index in [4.69, 9.17) is 0 Å². The van der Waals surface area contributed by atoms with Crippen molar-refractivity contribution in [1.82, 2.24) is 5.32 Å². The monoisotopic (exact) mass is 233 g/mol. The number of hydrogen-bond donors (Lipinski definition) is 2. The largest absolute Gasteiger partial charge is 0.387 e. The highest BCUT2D eigenvalue weighted by Gasteiger charge is 2.22. The number of rotatable bonds is 4. The van der Waals surface area contributed by atoms with Crippen LogP contribution in [0.4, 0.5) is 0 Å². The molecule has 1 heterocycles. The van der Waals surface area contributed by atoms with Gasteiger partial charge in [0.1, 0.15) is 0 Å². The Morgan fingerprint density at radius 2 is 2.29 bits per heavy atom. The van der Waals surface area contributed by atoms with Crippen molar-refractivity contribution < 1.29 is 5.11 Å². The standard InChI is InChI=1S/C15H23NO/c1-2-6-12-7-5-8-13(11-12)15(17)14-9-3-4-10-16-14/h5,7-8,11,14-17H,2-4,6,9-10H2,1H3. The van der Waals surface area contributed by atoms with E-state index in [1.165, 1.54) is 18.4 Å². The lowest BCUT2D eigenvalue weighted by Gasteiger charge is -2.28. The molecule has 2 nitrogen and oxygen atoms in total. The molecule has 0 saturated carbocycles. The Hall–Kier alpha value is -0.860. The van der Waals surface area contributed by atoms with E-state index in [2.05, 4.69) is 30.4 Å².